The first kappa shape index (κ1) is 46.0. The number of amides is 2. The van der Waals surface area contributed by atoms with Crippen LogP contribution in [0.25, 0.3) is 10.9 Å². The van der Waals surface area contributed by atoms with E-state index in [2.05, 4.69) is 27.8 Å². The molecule has 2 aromatic heterocycles. The quantitative estimate of drug-likeness (QED) is 0.0837. The van der Waals surface area contributed by atoms with Gasteiger partial charge in [-0.25, -0.2) is 17.8 Å². The molecule has 4 rings (SSSR count). The van der Waals surface area contributed by atoms with E-state index in [9.17, 15) is 32.3 Å². The number of hydrogen-bond donors (Lipinski definition) is 2. The summed E-state index contributed by atoms with van der Waals surface area (Å²) in [4.78, 5) is 46.5. The van der Waals surface area contributed by atoms with Crippen molar-refractivity contribution in [3.8, 4) is 0 Å². The van der Waals surface area contributed by atoms with Crippen LogP contribution in [0.3, 0.4) is 0 Å². The maximum Gasteiger partial charge on any atom is 1.00 e. The number of allylic oxidation sites excluding steroid dienone is 2. The van der Waals surface area contributed by atoms with Crippen LogP contribution in [0.2, 0.25) is 0 Å². The fraction of sp³-hybridized carbons (Fsp3) is 0.537. The van der Waals surface area contributed by atoms with Crippen molar-refractivity contribution < 1.29 is 61.9 Å². The van der Waals surface area contributed by atoms with E-state index in [4.69, 9.17) is 4.98 Å². The maximum atomic E-state index is 14.1. The summed E-state index contributed by atoms with van der Waals surface area (Å²) in [6, 6.07) is 7.39. The van der Waals surface area contributed by atoms with Gasteiger partial charge in [-0.1, -0.05) is 63.2 Å². The van der Waals surface area contributed by atoms with Gasteiger partial charge in [-0.05, 0) is 101 Å². The van der Waals surface area contributed by atoms with Crippen molar-refractivity contribution in [3.63, 3.8) is 0 Å². The number of aromatic nitrogens is 2. The largest absolute Gasteiger partial charge is 1.00 e. The summed E-state index contributed by atoms with van der Waals surface area (Å²) in [5.74, 6) is -2.31. The Morgan fingerprint density at radius 1 is 0.891 bits per heavy atom. The van der Waals surface area contributed by atoms with Gasteiger partial charge in [0.25, 0.3) is 11.8 Å². The molecule has 0 unspecified atom stereocenters. The minimum absolute atomic E-state index is 0. The van der Waals surface area contributed by atoms with Crippen LogP contribution in [0, 0.1) is 5.82 Å². The van der Waals surface area contributed by atoms with Gasteiger partial charge in [-0.3, -0.25) is 18.9 Å². The van der Waals surface area contributed by atoms with Crippen LogP contribution >= 0.6 is 0 Å². The molecule has 0 radical (unpaired) electrons. The first-order valence-corrected chi connectivity index (χ1v) is 21.2. The van der Waals surface area contributed by atoms with Crippen LogP contribution in [0.15, 0.2) is 48.7 Å². The van der Waals surface area contributed by atoms with Crippen molar-refractivity contribution in [2.24, 2.45) is 0 Å². The molecule has 1 saturated heterocycles. The molecule has 0 spiro atoms. The zero-order chi connectivity index (χ0) is 38.8. The standard InChI is InChI=1S/C41H56FN5O6S.Na/c1-2-43-40(50)35-29-32(42)25-24-31(35)30-45-41(51)38-33(37-34(22-20-26-44-37)39(46-38)47-27-18-19-28-54(47,52)53)21-16-14-12-10-8-6-4-3-5-7-9-11-13-15-17-23-36(48)49;/h3,5,20,22,24-26,29H,2,4,6-19,21,23,27-28,30H2,1H3,(H,43,50)(H,45,51)(H,48,49);/q;+1/p-1/b5-3-;. The summed E-state index contributed by atoms with van der Waals surface area (Å²) in [5.41, 5.74) is 1.85. The van der Waals surface area contributed by atoms with Crippen molar-refractivity contribution in [1.82, 2.24) is 20.6 Å². The zero-order valence-corrected chi connectivity index (χ0v) is 35.4. The number of hydrogen-bond acceptors (Lipinski definition) is 8. The second-order valence-electron chi connectivity index (χ2n) is 13.9. The van der Waals surface area contributed by atoms with Gasteiger partial charge in [0.2, 0.25) is 10.0 Å². The molecule has 14 heteroatoms. The Bertz CT molecular complexity index is 1860. The molecule has 0 atom stereocenters. The molecule has 1 aliphatic rings. The number of rotatable bonds is 23. The Kier molecular flexibility index (Phi) is 20.3. The van der Waals surface area contributed by atoms with Crippen LogP contribution in [0.1, 0.15) is 142 Å². The first-order valence-electron chi connectivity index (χ1n) is 19.6. The smallest absolute Gasteiger partial charge is 0.550 e. The number of carbonyl (C=O) groups excluding carboxylic acids is 3. The Morgan fingerprint density at radius 3 is 2.24 bits per heavy atom. The van der Waals surface area contributed by atoms with Gasteiger partial charge in [-0.15, -0.1) is 0 Å². The fourth-order valence-electron chi connectivity index (χ4n) is 6.81. The average Bonchev–Trinajstić information content (AvgIpc) is 3.15. The number of carboxylic acid groups (broad SMARTS) is 1. The number of anilines is 1. The van der Waals surface area contributed by atoms with E-state index in [0.29, 0.717) is 54.3 Å². The zero-order valence-electron chi connectivity index (χ0n) is 32.5. The number of carboxylic acids is 1. The summed E-state index contributed by atoms with van der Waals surface area (Å²) in [7, 11) is -3.64. The molecule has 1 aliphatic heterocycles. The molecule has 3 heterocycles. The van der Waals surface area contributed by atoms with Gasteiger partial charge >= 0.3 is 29.6 Å². The van der Waals surface area contributed by atoms with Gasteiger partial charge in [0.1, 0.15) is 11.5 Å². The SMILES string of the molecule is CCNC(=O)c1cc(F)ccc1CNC(=O)c1nc(N2CCCCS2(=O)=O)c2cccnc2c1CCCCCCCC/C=C\CCCCCCCC(=O)[O-].[Na+]. The van der Waals surface area contributed by atoms with Gasteiger partial charge in [0.15, 0.2) is 5.82 Å². The third-order valence-corrected chi connectivity index (χ3v) is 11.5. The molecule has 0 bridgehead atoms. The van der Waals surface area contributed by atoms with Gasteiger partial charge in [-0.2, -0.15) is 0 Å². The summed E-state index contributed by atoms with van der Waals surface area (Å²) in [6.07, 6.45) is 21.2. The number of unbranched alkanes of at least 4 members (excludes halogenated alkanes) is 11. The topological polar surface area (TPSA) is 161 Å². The van der Waals surface area contributed by atoms with Crippen LogP contribution in [0.4, 0.5) is 10.2 Å². The molecule has 0 aliphatic carbocycles. The van der Waals surface area contributed by atoms with Crippen LogP contribution in [0.5, 0.6) is 0 Å². The molecule has 1 fully saturated rings. The van der Waals surface area contributed by atoms with Gasteiger partial charge in [0.05, 0.1) is 11.3 Å². The molecular formula is C41H55FN5NaO6S. The van der Waals surface area contributed by atoms with Crippen molar-refractivity contribution >= 4 is 44.5 Å². The second kappa shape index (κ2) is 24.3. The molecular weight excluding hydrogens is 733 g/mol. The fourth-order valence-corrected chi connectivity index (χ4v) is 8.41. The summed E-state index contributed by atoms with van der Waals surface area (Å²) in [5, 5.41) is 16.6. The third-order valence-electron chi connectivity index (χ3n) is 9.70. The maximum absolute atomic E-state index is 14.1. The molecule has 1 aromatic carbocycles. The monoisotopic (exact) mass is 787 g/mol. The number of halogens is 1. The molecule has 0 saturated carbocycles. The normalized spacial score (nSPS) is 13.8. The number of carbonyl (C=O) groups is 3. The molecule has 3 aromatic rings. The van der Waals surface area contributed by atoms with Gasteiger partial charge in [0, 0.05) is 48.3 Å². The predicted octanol–water partition coefficient (Wildman–Crippen LogP) is 3.69. The minimum Gasteiger partial charge on any atom is -0.550 e. The van der Waals surface area contributed by atoms with E-state index >= 15 is 0 Å². The van der Waals surface area contributed by atoms with Crippen LogP contribution in [-0.4, -0.2) is 55.0 Å². The Hall–Kier alpha value is -3.39. The predicted molar refractivity (Wildman–Crippen MR) is 208 cm³/mol. The number of pyridine rings is 2. The number of aryl methyl sites for hydroxylation is 1. The van der Waals surface area contributed by atoms with E-state index < -0.39 is 33.6 Å². The van der Waals surface area contributed by atoms with E-state index in [0.717, 1.165) is 83.1 Å². The molecule has 2 amide bonds. The molecule has 11 nitrogen and oxygen atoms in total. The summed E-state index contributed by atoms with van der Waals surface area (Å²) >= 11 is 0. The number of fused-ring (bicyclic) bond motifs is 1. The van der Waals surface area contributed by atoms with Gasteiger partial charge < -0.3 is 20.5 Å². The Morgan fingerprint density at radius 2 is 1.56 bits per heavy atom. The van der Waals surface area contributed by atoms with E-state index in [1.54, 1.807) is 25.3 Å². The third kappa shape index (κ3) is 14.6. The Balaban J connectivity index is 0.00000812. The number of benzene rings is 1. The first-order chi connectivity index (χ1) is 26.1. The molecule has 294 valence electrons. The molecule has 2 N–H and O–H groups in total. The second-order valence-corrected chi connectivity index (χ2v) is 15.9. The van der Waals surface area contributed by atoms with Crippen LogP contribution in [-0.2, 0) is 27.8 Å². The van der Waals surface area contributed by atoms with Crippen molar-refractivity contribution in [2.75, 3.05) is 23.1 Å². The summed E-state index contributed by atoms with van der Waals surface area (Å²) < 4.78 is 41.8. The number of aliphatic carboxylic acids is 1. The van der Waals surface area contributed by atoms with Crippen molar-refractivity contribution in [2.45, 2.75) is 123 Å². The number of nitrogens with one attached hydrogen (secondary N) is 2. The number of sulfonamides is 1. The van der Waals surface area contributed by atoms with E-state index in [1.807, 2.05) is 0 Å². The minimum atomic E-state index is -3.64. The van der Waals surface area contributed by atoms with E-state index in [1.165, 1.54) is 16.4 Å². The van der Waals surface area contributed by atoms with Crippen molar-refractivity contribution in [3.05, 3.63) is 76.9 Å². The van der Waals surface area contributed by atoms with Crippen molar-refractivity contribution in [1.29, 1.82) is 0 Å². The number of nitrogens with zero attached hydrogens (tertiary/aromatic N) is 3. The molecule has 55 heavy (non-hydrogen) atoms. The Labute approximate surface area is 347 Å². The van der Waals surface area contributed by atoms with E-state index in [-0.39, 0.29) is 71.9 Å². The summed E-state index contributed by atoms with van der Waals surface area (Å²) in [6.45, 7) is 2.32. The van der Waals surface area contributed by atoms with Crippen LogP contribution < -0.4 is 49.6 Å². The average molecular weight is 788 g/mol.